The predicted molar refractivity (Wildman–Crippen MR) is 74.1 cm³/mol. The van der Waals surface area contributed by atoms with Crippen molar-refractivity contribution >= 4 is 0 Å². The summed E-state index contributed by atoms with van der Waals surface area (Å²) in [6.45, 7) is 4.36. The Morgan fingerprint density at radius 2 is 2.06 bits per heavy atom. The minimum absolute atomic E-state index is 0.197. The van der Waals surface area contributed by atoms with Gasteiger partial charge in [0, 0.05) is 12.1 Å². The molecule has 1 aromatic rings. The molecule has 0 amide bonds. The van der Waals surface area contributed by atoms with Gasteiger partial charge in [0.2, 0.25) is 0 Å². The van der Waals surface area contributed by atoms with E-state index in [1.165, 1.54) is 17.5 Å². The van der Waals surface area contributed by atoms with Gasteiger partial charge in [0.25, 0.3) is 0 Å². The number of nitrogens with one attached hydrogen (secondary N) is 1. The van der Waals surface area contributed by atoms with Crippen molar-refractivity contribution in [1.82, 2.24) is 5.32 Å². The summed E-state index contributed by atoms with van der Waals surface area (Å²) < 4.78 is 0. The molecule has 1 aliphatic rings. The van der Waals surface area contributed by atoms with Crippen molar-refractivity contribution in [3.63, 3.8) is 0 Å². The highest BCUT2D eigenvalue weighted by Crippen LogP contribution is 2.27. The van der Waals surface area contributed by atoms with E-state index < -0.39 is 0 Å². The van der Waals surface area contributed by atoms with Gasteiger partial charge in [-0.25, -0.2) is 0 Å². The van der Waals surface area contributed by atoms with Gasteiger partial charge in [-0.05, 0) is 37.3 Å². The first-order valence-electron chi connectivity index (χ1n) is 6.99. The number of benzene rings is 1. The predicted octanol–water partition coefficient (Wildman–Crippen LogP) is 3.59. The fourth-order valence-corrected chi connectivity index (χ4v) is 2.77. The summed E-state index contributed by atoms with van der Waals surface area (Å²) in [5, 5.41) is 12.7. The van der Waals surface area contributed by atoms with Gasteiger partial charge < -0.3 is 5.32 Å². The average molecular weight is 242 g/mol. The van der Waals surface area contributed by atoms with Crippen LogP contribution in [0.25, 0.3) is 0 Å². The van der Waals surface area contributed by atoms with Gasteiger partial charge in [-0.2, -0.15) is 5.26 Å². The summed E-state index contributed by atoms with van der Waals surface area (Å²) in [5.41, 5.74) is 2.69. The van der Waals surface area contributed by atoms with Crippen LogP contribution in [0.3, 0.4) is 0 Å². The van der Waals surface area contributed by atoms with Gasteiger partial charge in [0.15, 0.2) is 0 Å². The van der Waals surface area contributed by atoms with E-state index in [9.17, 15) is 0 Å². The second-order valence-corrected chi connectivity index (χ2v) is 5.26. The maximum absolute atomic E-state index is 9.10. The van der Waals surface area contributed by atoms with Crippen molar-refractivity contribution in [2.75, 3.05) is 0 Å². The quantitative estimate of drug-likeness (QED) is 0.875. The average Bonchev–Trinajstić information content (AvgIpc) is 2.86. The Morgan fingerprint density at radius 1 is 1.33 bits per heavy atom. The molecule has 1 saturated carbocycles. The minimum atomic E-state index is 0.197. The zero-order valence-electron chi connectivity index (χ0n) is 11.3. The molecule has 0 aliphatic heterocycles. The largest absolute Gasteiger partial charge is 0.306 e. The third-order valence-corrected chi connectivity index (χ3v) is 4.03. The maximum atomic E-state index is 9.10. The van der Waals surface area contributed by atoms with Crippen LogP contribution in [0.4, 0.5) is 0 Å². The molecule has 3 atom stereocenters. The van der Waals surface area contributed by atoms with Crippen LogP contribution < -0.4 is 5.32 Å². The lowest BCUT2D eigenvalue weighted by Gasteiger charge is -2.22. The Bertz CT molecular complexity index is 416. The minimum Gasteiger partial charge on any atom is -0.306 e. The molecule has 0 radical (unpaired) electrons. The van der Waals surface area contributed by atoms with Crippen LogP contribution >= 0.6 is 0 Å². The smallest absolute Gasteiger partial charge is 0.0672 e. The molecule has 1 aromatic carbocycles. The summed E-state index contributed by atoms with van der Waals surface area (Å²) in [6.07, 6.45) is 4.45. The Labute approximate surface area is 110 Å². The van der Waals surface area contributed by atoms with Gasteiger partial charge in [0.1, 0.15) is 0 Å². The molecule has 2 nitrogen and oxygen atoms in total. The van der Waals surface area contributed by atoms with E-state index >= 15 is 0 Å². The third-order valence-electron chi connectivity index (χ3n) is 4.03. The molecule has 2 rings (SSSR count). The molecule has 0 saturated heterocycles. The van der Waals surface area contributed by atoms with E-state index in [0.29, 0.717) is 12.1 Å². The van der Waals surface area contributed by atoms with Crippen molar-refractivity contribution in [2.24, 2.45) is 5.92 Å². The second kappa shape index (κ2) is 6.02. The highest BCUT2D eigenvalue weighted by atomic mass is 15.0. The van der Waals surface area contributed by atoms with E-state index in [-0.39, 0.29) is 5.92 Å². The van der Waals surface area contributed by atoms with Crippen LogP contribution in [0, 0.1) is 17.2 Å². The Morgan fingerprint density at radius 3 is 2.67 bits per heavy atom. The van der Waals surface area contributed by atoms with Gasteiger partial charge >= 0.3 is 0 Å². The van der Waals surface area contributed by atoms with Gasteiger partial charge in [-0.15, -0.1) is 0 Å². The molecule has 0 aromatic heterocycles. The summed E-state index contributed by atoms with van der Waals surface area (Å²) in [6, 6.07) is 11.9. The van der Waals surface area contributed by atoms with Crippen molar-refractivity contribution in [2.45, 2.75) is 51.6 Å². The first-order chi connectivity index (χ1) is 8.74. The maximum Gasteiger partial charge on any atom is 0.0672 e. The molecule has 0 heterocycles. The molecule has 0 spiro atoms. The summed E-state index contributed by atoms with van der Waals surface area (Å²) >= 11 is 0. The summed E-state index contributed by atoms with van der Waals surface area (Å²) in [7, 11) is 0. The SMILES string of the molecule is CCc1ccc(C(C)NC2CCCC2C#N)cc1. The number of nitrogens with zero attached hydrogens (tertiary/aromatic N) is 1. The van der Waals surface area contributed by atoms with Crippen LogP contribution in [0.15, 0.2) is 24.3 Å². The second-order valence-electron chi connectivity index (χ2n) is 5.26. The first-order valence-corrected chi connectivity index (χ1v) is 6.99. The van der Waals surface area contributed by atoms with Crippen LogP contribution in [-0.2, 0) is 6.42 Å². The molecule has 2 heteroatoms. The summed E-state index contributed by atoms with van der Waals surface area (Å²) in [5.74, 6) is 0.197. The topological polar surface area (TPSA) is 35.8 Å². The Balaban J connectivity index is 1.98. The van der Waals surface area contributed by atoms with E-state index in [1.807, 2.05) is 0 Å². The molecular formula is C16H22N2. The van der Waals surface area contributed by atoms with E-state index in [0.717, 1.165) is 19.3 Å². The number of aryl methyl sites for hydroxylation is 1. The van der Waals surface area contributed by atoms with Crippen molar-refractivity contribution in [3.8, 4) is 6.07 Å². The number of rotatable bonds is 4. The van der Waals surface area contributed by atoms with E-state index in [4.69, 9.17) is 5.26 Å². The van der Waals surface area contributed by atoms with Gasteiger partial charge in [-0.1, -0.05) is 37.6 Å². The monoisotopic (exact) mass is 242 g/mol. The van der Waals surface area contributed by atoms with Gasteiger partial charge in [-0.3, -0.25) is 0 Å². The molecule has 0 bridgehead atoms. The highest BCUT2D eigenvalue weighted by molar-refractivity contribution is 5.24. The van der Waals surface area contributed by atoms with E-state index in [2.05, 4.69) is 49.5 Å². The lowest BCUT2D eigenvalue weighted by atomic mass is 10.0. The standard InChI is InChI=1S/C16H22N2/c1-3-13-7-9-14(10-8-13)12(2)18-16-6-4-5-15(16)11-17/h7-10,12,15-16,18H,3-6H2,1-2H3. The highest BCUT2D eigenvalue weighted by Gasteiger charge is 2.28. The number of hydrogen-bond donors (Lipinski definition) is 1. The van der Waals surface area contributed by atoms with Crippen LogP contribution in [-0.4, -0.2) is 6.04 Å². The summed E-state index contributed by atoms with van der Waals surface area (Å²) in [4.78, 5) is 0. The van der Waals surface area contributed by atoms with Crippen LogP contribution in [0.1, 0.15) is 50.3 Å². The fourth-order valence-electron chi connectivity index (χ4n) is 2.77. The molecular weight excluding hydrogens is 220 g/mol. The molecule has 18 heavy (non-hydrogen) atoms. The van der Waals surface area contributed by atoms with Crippen molar-refractivity contribution in [1.29, 1.82) is 5.26 Å². The number of nitriles is 1. The third kappa shape index (κ3) is 2.91. The zero-order chi connectivity index (χ0) is 13.0. The van der Waals surface area contributed by atoms with Crippen LogP contribution in [0.2, 0.25) is 0 Å². The van der Waals surface area contributed by atoms with Crippen molar-refractivity contribution < 1.29 is 0 Å². The first kappa shape index (κ1) is 13.1. The molecule has 1 fully saturated rings. The van der Waals surface area contributed by atoms with E-state index in [1.54, 1.807) is 0 Å². The van der Waals surface area contributed by atoms with Crippen LogP contribution in [0.5, 0.6) is 0 Å². The fraction of sp³-hybridized carbons (Fsp3) is 0.562. The normalized spacial score (nSPS) is 24.7. The molecule has 1 N–H and O–H groups in total. The molecule has 96 valence electrons. The molecule has 3 unspecified atom stereocenters. The number of hydrogen-bond acceptors (Lipinski definition) is 2. The lowest BCUT2D eigenvalue weighted by molar-refractivity contribution is 0.417. The Hall–Kier alpha value is -1.33. The van der Waals surface area contributed by atoms with Gasteiger partial charge in [0.05, 0.1) is 12.0 Å². The Kier molecular flexibility index (Phi) is 4.38. The van der Waals surface area contributed by atoms with Crippen molar-refractivity contribution in [3.05, 3.63) is 35.4 Å². The zero-order valence-corrected chi connectivity index (χ0v) is 11.3. The lowest BCUT2D eigenvalue weighted by Crippen LogP contribution is -2.33. The molecule has 1 aliphatic carbocycles.